The molecule has 0 aromatic heterocycles. The van der Waals surface area contributed by atoms with Crippen molar-refractivity contribution >= 4 is 5.91 Å². The normalized spacial score (nSPS) is 29.8. The second-order valence-electron chi connectivity index (χ2n) is 8.80. The van der Waals surface area contributed by atoms with E-state index in [2.05, 4.69) is 43.9 Å². The molecule has 3 rings (SSSR count). The minimum atomic E-state index is 0.0685. The van der Waals surface area contributed by atoms with E-state index in [1.807, 2.05) is 12.1 Å². The third-order valence-corrected chi connectivity index (χ3v) is 6.30. The van der Waals surface area contributed by atoms with E-state index < -0.39 is 0 Å². The number of amides is 1. The van der Waals surface area contributed by atoms with E-state index >= 15 is 0 Å². The van der Waals surface area contributed by atoms with Crippen LogP contribution in [-0.2, 0) is 11.3 Å². The lowest BCUT2D eigenvalue weighted by Crippen LogP contribution is -3.29. The van der Waals surface area contributed by atoms with Crippen LogP contribution in [0.5, 0.6) is 0 Å². The number of nitrogens with one attached hydrogen (secondary N) is 2. The zero-order chi connectivity index (χ0) is 19.4. The smallest absolute Gasteiger partial charge is 0.280 e. The quantitative estimate of drug-likeness (QED) is 0.767. The molecule has 2 saturated heterocycles. The van der Waals surface area contributed by atoms with Crippen molar-refractivity contribution in [3.8, 4) is 6.07 Å². The molecule has 1 aromatic carbocycles. The highest BCUT2D eigenvalue weighted by molar-refractivity contribution is 5.80. The lowest BCUT2D eigenvalue weighted by Gasteiger charge is -2.38. The third-order valence-electron chi connectivity index (χ3n) is 6.30. The first-order valence-corrected chi connectivity index (χ1v) is 10.4. The van der Waals surface area contributed by atoms with Crippen LogP contribution in [0.1, 0.15) is 38.3 Å². The largest absolute Gasteiger partial charge is 0.337 e. The summed E-state index contributed by atoms with van der Waals surface area (Å²) >= 11 is 0. The zero-order valence-electron chi connectivity index (χ0n) is 17.0. The van der Waals surface area contributed by atoms with Crippen LogP contribution < -0.4 is 9.80 Å². The summed E-state index contributed by atoms with van der Waals surface area (Å²) in [7, 11) is 0. The van der Waals surface area contributed by atoms with Crippen LogP contribution in [0.4, 0.5) is 0 Å². The van der Waals surface area contributed by atoms with Gasteiger partial charge in [-0.25, -0.2) is 0 Å². The summed E-state index contributed by atoms with van der Waals surface area (Å²) in [6.07, 6.45) is 1.24. The lowest BCUT2D eigenvalue weighted by molar-refractivity contribution is -1.02. The summed E-state index contributed by atoms with van der Waals surface area (Å²) in [5.41, 5.74) is 2.00. The van der Waals surface area contributed by atoms with Crippen molar-refractivity contribution in [2.24, 2.45) is 11.8 Å². The van der Waals surface area contributed by atoms with Crippen molar-refractivity contribution in [3.63, 3.8) is 0 Å². The van der Waals surface area contributed by atoms with E-state index in [0.717, 1.165) is 51.4 Å². The number of benzene rings is 1. The van der Waals surface area contributed by atoms with Gasteiger partial charge in [0.25, 0.3) is 5.91 Å². The van der Waals surface area contributed by atoms with Crippen LogP contribution in [0.15, 0.2) is 24.3 Å². The molecule has 5 heteroatoms. The first-order valence-electron chi connectivity index (χ1n) is 10.4. The monoisotopic (exact) mass is 370 g/mol. The van der Waals surface area contributed by atoms with E-state index in [4.69, 9.17) is 5.26 Å². The molecule has 5 nitrogen and oxygen atoms in total. The van der Waals surface area contributed by atoms with Gasteiger partial charge in [-0.1, -0.05) is 26.0 Å². The molecule has 3 atom stereocenters. The number of piperidine rings is 1. The number of nitrogens with zero attached hydrogens (tertiary/aromatic N) is 2. The molecular formula is C22H34N4O+2. The Morgan fingerprint density at radius 1 is 1.15 bits per heavy atom. The van der Waals surface area contributed by atoms with Crippen molar-refractivity contribution in [1.29, 1.82) is 5.26 Å². The summed E-state index contributed by atoms with van der Waals surface area (Å²) in [5, 5.41) is 8.91. The van der Waals surface area contributed by atoms with Gasteiger partial charge in [0.2, 0.25) is 0 Å². The molecule has 0 saturated carbocycles. The van der Waals surface area contributed by atoms with Crippen molar-refractivity contribution in [2.75, 3.05) is 39.3 Å². The Bertz CT molecular complexity index is 663. The molecule has 2 N–H and O–H groups in total. The van der Waals surface area contributed by atoms with Gasteiger partial charge >= 0.3 is 0 Å². The summed E-state index contributed by atoms with van der Waals surface area (Å²) in [6, 6.07) is 10.2. The number of piperazine rings is 1. The summed E-state index contributed by atoms with van der Waals surface area (Å²) in [4.78, 5) is 18.1. The molecule has 1 aromatic rings. The molecule has 1 amide bonds. The van der Waals surface area contributed by atoms with Gasteiger partial charge in [-0.05, 0) is 37.3 Å². The van der Waals surface area contributed by atoms with Crippen molar-refractivity contribution in [2.45, 2.75) is 39.8 Å². The molecule has 0 bridgehead atoms. The predicted molar refractivity (Wildman–Crippen MR) is 105 cm³/mol. The fourth-order valence-electron chi connectivity index (χ4n) is 4.81. The van der Waals surface area contributed by atoms with Gasteiger partial charge in [0.15, 0.2) is 6.04 Å². The highest BCUT2D eigenvalue weighted by Crippen LogP contribution is 2.21. The minimum absolute atomic E-state index is 0.0685. The van der Waals surface area contributed by atoms with Gasteiger partial charge in [0.05, 0.1) is 11.6 Å². The van der Waals surface area contributed by atoms with Crippen LogP contribution in [-0.4, -0.2) is 56.1 Å². The average molecular weight is 371 g/mol. The zero-order valence-corrected chi connectivity index (χ0v) is 17.0. The fourth-order valence-corrected chi connectivity index (χ4v) is 4.81. The van der Waals surface area contributed by atoms with Crippen LogP contribution in [0, 0.1) is 23.2 Å². The molecule has 146 valence electrons. The molecule has 0 spiro atoms. The summed E-state index contributed by atoms with van der Waals surface area (Å²) in [6.45, 7) is 13.8. The van der Waals surface area contributed by atoms with Crippen LogP contribution in [0.2, 0.25) is 0 Å². The maximum Gasteiger partial charge on any atom is 0.280 e. The lowest BCUT2D eigenvalue weighted by atomic mass is 9.91. The maximum atomic E-state index is 13.0. The standard InChI is InChI=1S/C22H32N4O/c1-17-12-18(2)15-26(14-17)22(27)19(3)25-10-8-24(9-11-25)16-21-6-4-20(13-23)5-7-21/h4-7,17-19H,8-12,14-16H2,1-3H3/p+2/t17-,18+,19-/m1/s1. The fraction of sp³-hybridized carbons (Fsp3) is 0.636. The van der Waals surface area contributed by atoms with E-state index in [1.165, 1.54) is 16.9 Å². The van der Waals surface area contributed by atoms with Gasteiger partial charge in [0, 0.05) is 18.7 Å². The van der Waals surface area contributed by atoms with Crippen molar-refractivity contribution in [3.05, 3.63) is 35.4 Å². The predicted octanol–water partition coefficient (Wildman–Crippen LogP) is -0.265. The molecule has 0 aliphatic carbocycles. The second-order valence-corrected chi connectivity index (χ2v) is 8.80. The Hall–Kier alpha value is -1.90. The molecule has 27 heavy (non-hydrogen) atoms. The van der Waals surface area contributed by atoms with Crippen LogP contribution in [0.25, 0.3) is 0 Å². The Morgan fingerprint density at radius 3 is 2.30 bits per heavy atom. The van der Waals surface area contributed by atoms with Crippen molar-refractivity contribution < 1.29 is 14.6 Å². The summed E-state index contributed by atoms with van der Waals surface area (Å²) < 4.78 is 0. The number of quaternary nitrogens is 2. The van der Waals surface area contributed by atoms with E-state index in [1.54, 1.807) is 4.90 Å². The third kappa shape index (κ3) is 5.09. The van der Waals surface area contributed by atoms with Gasteiger partial charge in [0.1, 0.15) is 32.7 Å². The van der Waals surface area contributed by atoms with Crippen LogP contribution in [0.3, 0.4) is 0 Å². The van der Waals surface area contributed by atoms with Crippen molar-refractivity contribution in [1.82, 2.24) is 4.90 Å². The van der Waals surface area contributed by atoms with Gasteiger partial charge in [-0.3, -0.25) is 4.79 Å². The van der Waals surface area contributed by atoms with Crippen LogP contribution >= 0.6 is 0 Å². The molecule has 2 fully saturated rings. The van der Waals surface area contributed by atoms with E-state index in [9.17, 15) is 4.79 Å². The summed E-state index contributed by atoms with van der Waals surface area (Å²) in [5.74, 6) is 1.58. The number of likely N-dealkylation sites (tertiary alicyclic amines) is 1. The maximum absolute atomic E-state index is 13.0. The Morgan fingerprint density at radius 2 is 1.74 bits per heavy atom. The highest BCUT2D eigenvalue weighted by atomic mass is 16.2. The Balaban J connectivity index is 1.49. The molecule has 2 aliphatic heterocycles. The van der Waals surface area contributed by atoms with E-state index in [-0.39, 0.29) is 6.04 Å². The van der Waals surface area contributed by atoms with E-state index in [0.29, 0.717) is 17.7 Å². The molecular weight excluding hydrogens is 336 g/mol. The first-order chi connectivity index (χ1) is 13.0. The number of rotatable bonds is 4. The number of carbonyl (C=O) groups is 1. The van der Waals surface area contributed by atoms with Gasteiger partial charge < -0.3 is 14.7 Å². The topological polar surface area (TPSA) is 53.0 Å². The second kappa shape index (κ2) is 8.86. The average Bonchev–Trinajstić information content (AvgIpc) is 2.67. The van der Waals surface area contributed by atoms with Gasteiger partial charge in [-0.15, -0.1) is 0 Å². The number of carbonyl (C=O) groups excluding carboxylic acids is 1. The SMILES string of the molecule is C[C@@H]1C[C@H](C)CN(C(=O)[C@@H](C)[NH+]2CC[NH+](Cc3ccc(C#N)cc3)CC2)C1. The molecule has 2 heterocycles. The number of hydrogen-bond donors (Lipinski definition) is 2. The Labute approximate surface area is 163 Å². The Kier molecular flexibility index (Phi) is 6.51. The highest BCUT2D eigenvalue weighted by Gasteiger charge is 2.35. The van der Waals surface area contributed by atoms with Gasteiger partial charge in [-0.2, -0.15) is 5.26 Å². The minimum Gasteiger partial charge on any atom is -0.337 e. The number of hydrogen-bond acceptors (Lipinski definition) is 2. The molecule has 0 unspecified atom stereocenters. The number of nitriles is 1. The first kappa shape index (κ1) is 19.9. The molecule has 0 radical (unpaired) electrons. The molecule has 2 aliphatic rings.